The van der Waals surface area contributed by atoms with Crippen LogP contribution < -0.4 is 5.73 Å². The van der Waals surface area contributed by atoms with Crippen molar-refractivity contribution in [2.45, 2.75) is 13.5 Å². The molecule has 4 heteroatoms. The zero-order valence-electron chi connectivity index (χ0n) is 9.31. The molecule has 0 bridgehead atoms. The molecule has 0 aromatic heterocycles. The van der Waals surface area contributed by atoms with Gasteiger partial charge in [0.15, 0.2) is 0 Å². The van der Waals surface area contributed by atoms with E-state index in [-0.39, 0.29) is 12.5 Å². The summed E-state index contributed by atoms with van der Waals surface area (Å²) in [7, 11) is 0. The smallest absolute Gasteiger partial charge is 0.236 e. The first kappa shape index (κ1) is 12.2. The quantitative estimate of drug-likeness (QED) is 0.813. The fourth-order valence-corrected chi connectivity index (χ4v) is 1.41. The van der Waals surface area contributed by atoms with E-state index in [1.807, 2.05) is 19.1 Å². The molecule has 0 unspecified atom stereocenters. The van der Waals surface area contributed by atoms with Crippen molar-refractivity contribution in [1.29, 1.82) is 5.26 Å². The van der Waals surface area contributed by atoms with E-state index in [9.17, 15) is 4.79 Å². The Morgan fingerprint density at radius 3 is 2.50 bits per heavy atom. The number of nitriles is 1. The van der Waals surface area contributed by atoms with Gasteiger partial charge in [0.25, 0.3) is 0 Å². The Labute approximate surface area is 95.3 Å². The Balaban J connectivity index is 2.71. The molecule has 0 saturated carbocycles. The summed E-state index contributed by atoms with van der Waals surface area (Å²) in [5.41, 5.74) is 6.94. The molecule has 1 aromatic rings. The highest BCUT2D eigenvalue weighted by molar-refractivity contribution is 5.77. The summed E-state index contributed by atoms with van der Waals surface area (Å²) >= 11 is 0. The SMILES string of the molecule is CCN(Cc1ccc(C#N)cc1)C(=O)CN. The highest BCUT2D eigenvalue weighted by Crippen LogP contribution is 2.06. The van der Waals surface area contributed by atoms with Gasteiger partial charge in [-0.3, -0.25) is 4.79 Å². The third-order valence-corrected chi connectivity index (χ3v) is 2.37. The van der Waals surface area contributed by atoms with Crippen LogP contribution in [0.1, 0.15) is 18.1 Å². The molecule has 4 nitrogen and oxygen atoms in total. The fraction of sp³-hybridized carbons (Fsp3) is 0.333. The first-order valence-electron chi connectivity index (χ1n) is 5.18. The maximum absolute atomic E-state index is 11.4. The van der Waals surface area contributed by atoms with E-state index in [0.717, 1.165) is 5.56 Å². The van der Waals surface area contributed by atoms with Gasteiger partial charge < -0.3 is 10.6 Å². The number of hydrogen-bond acceptors (Lipinski definition) is 3. The molecule has 0 aliphatic rings. The third kappa shape index (κ3) is 3.07. The lowest BCUT2D eigenvalue weighted by Crippen LogP contribution is -2.35. The lowest BCUT2D eigenvalue weighted by atomic mass is 10.1. The molecule has 0 atom stereocenters. The van der Waals surface area contributed by atoms with Gasteiger partial charge in [-0.1, -0.05) is 12.1 Å². The Morgan fingerprint density at radius 2 is 2.06 bits per heavy atom. The second kappa shape index (κ2) is 5.89. The van der Waals surface area contributed by atoms with Crippen molar-refractivity contribution >= 4 is 5.91 Å². The molecule has 1 amide bonds. The van der Waals surface area contributed by atoms with Crippen LogP contribution in [0.5, 0.6) is 0 Å². The molecule has 2 N–H and O–H groups in total. The Kier molecular flexibility index (Phi) is 4.49. The third-order valence-electron chi connectivity index (χ3n) is 2.37. The maximum atomic E-state index is 11.4. The number of hydrogen-bond donors (Lipinski definition) is 1. The van der Waals surface area contributed by atoms with Gasteiger partial charge in [0.1, 0.15) is 0 Å². The lowest BCUT2D eigenvalue weighted by molar-refractivity contribution is -0.130. The van der Waals surface area contributed by atoms with Gasteiger partial charge in [0, 0.05) is 13.1 Å². The molecule has 0 aliphatic carbocycles. The van der Waals surface area contributed by atoms with E-state index in [0.29, 0.717) is 18.7 Å². The van der Waals surface area contributed by atoms with E-state index in [4.69, 9.17) is 11.0 Å². The van der Waals surface area contributed by atoms with Gasteiger partial charge in [-0.2, -0.15) is 5.26 Å². The monoisotopic (exact) mass is 217 g/mol. The predicted octanol–water partition coefficient (Wildman–Crippen LogP) is 0.865. The number of nitrogens with two attached hydrogens (primary N) is 1. The first-order valence-corrected chi connectivity index (χ1v) is 5.18. The summed E-state index contributed by atoms with van der Waals surface area (Å²) in [6.07, 6.45) is 0. The van der Waals surface area contributed by atoms with Crippen LogP contribution in [0, 0.1) is 11.3 Å². The Bertz CT molecular complexity index is 392. The number of carbonyl (C=O) groups is 1. The van der Waals surface area contributed by atoms with Gasteiger partial charge in [-0.05, 0) is 24.6 Å². The van der Waals surface area contributed by atoms with Crippen LogP contribution in [0.15, 0.2) is 24.3 Å². The van der Waals surface area contributed by atoms with Crippen molar-refractivity contribution in [2.75, 3.05) is 13.1 Å². The van der Waals surface area contributed by atoms with E-state index in [1.165, 1.54) is 0 Å². The number of amides is 1. The van der Waals surface area contributed by atoms with Crippen LogP contribution in [0.2, 0.25) is 0 Å². The van der Waals surface area contributed by atoms with Crippen molar-refractivity contribution < 1.29 is 4.79 Å². The predicted molar refractivity (Wildman–Crippen MR) is 61.3 cm³/mol. The summed E-state index contributed by atoms with van der Waals surface area (Å²) in [6.45, 7) is 3.12. The lowest BCUT2D eigenvalue weighted by Gasteiger charge is -2.20. The molecule has 1 rings (SSSR count). The molecule has 0 heterocycles. The topological polar surface area (TPSA) is 70.1 Å². The second-order valence-electron chi connectivity index (χ2n) is 3.42. The molecule has 16 heavy (non-hydrogen) atoms. The van der Waals surface area contributed by atoms with E-state index >= 15 is 0 Å². The largest absolute Gasteiger partial charge is 0.338 e. The number of rotatable bonds is 4. The van der Waals surface area contributed by atoms with Crippen LogP contribution in [0.4, 0.5) is 0 Å². The van der Waals surface area contributed by atoms with Crippen LogP contribution >= 0.6 is 0 Å². The molecule has 0 saturated heterocycles. The van der Waals surface area contributed by atoms with Gasteiger partial charge >= 0.3 is 0 Å². The minimum absolute atomic E-state index is 0.0319. The molecule has 0 aliphatic heterocycles. The van der Waals surface area contributed by atoms with Crippen molar-refractivity contribution in [3.05, 3.63) is 35.4 Å². The van der Waals surface area contributed by atoms with Gasteiger partial charge in [-0.15, -0.1) is 0 Å². The number of likely N-dealkylation sites (N-methyl/N-ethyl adjacent to an activating group) is 1. The summed E-state index contributed by atoms with van der Waals surface area (Å²) in [5, 5.41) is 8.65. The van der Waals surface area contributed by atoms with Gasteiger partial charge in [-0.25, -0.2) is 0 Å². The average Bonchev–Trinajstić information content (AvgIpc) is 2.35. The van der Waals surface area contributed by atoms with E-state index < -0.39 is 0 Å². The van der Waals surface area contributed by atoms with Crippen molar-refractivity contribution in [1.82, 2.24) is 4.90 Å². The Morgan fingerprint density at radius 1 is 1.44 bits per heavy atom. The molecular formula is C12H15N3O. The molecule has 0 spiro atoms. The molecule has 84 valence electrons. The summed E-state index contributed by atoms with van der Waals surface area (Å²) in [5.74, 6) is -0.0631. The summed E-state index contributed by atoms with van der Waals surface area (Å²) < 4.78 is 0. The second-order valence-corrected chi connectivity index (χ2v) is 3.42. The molecule has 0 radical (unpaired) electrons. The average molecular weight is 217 g/mol. The summed E-state index contributed by atoms with van der Waals surface area (Å²) in [4.78, 5) is 13.1. The highest BCUT2D eigenvalue weighted by atomic mass is 16.2. The minimum atomic E-state index is -0.0631. The summed E-state index contributed by atoms with van der Waals surface area (Å²) in [6, 6.07) is 9.25. The zero-order chi connectivity index (χ0) is 12.0. The molecule has 0 fully saturated rings. The van der Waals surface area contributed by atoms with Gasteiger partial charge in [0.05, 0.1) is 18.2 Å². The van der Waals surface area contributed by atoms with E-state index in [2.05, 4.69) is 6.07 Å². The fourth-order valence-electron chi connectivity index (χ4n) is 1.41. The van der Waals surface area contributed by atoms with Gasteiger partial charge in [0.2, 0.25) is 5.91 Å². The normalized spacial score (nSPS) is 9.56. The Hall–Kier alpha value is -1.86. The standard InChI is InChI=1S/C12H15N3O/c1-2-15(12(16)8-14)9-11-5-3-10(7-13)4-6-11/h3-6H,2,8-9,14H2,1H3. The van der Waals surface area contributed by atoms with Crippen LogP contribution in [-0.4, -0.2) is 23.9 Å². The maximum Gasteiger partial charge on any atom is 0.236 e. The first-order chi connectivity index (χ1) is 7.71. The van der Waals surface area contributed by atoms with Crippen molar-refractivity contribution in [3.8, 4) is 6.07 Å². The number of benzene rings is 1. The number of carbonyl (C=O) groups excluding carboxylic acids is 1. The molecular weight excluding hydrogens is 202 g/mol. The molecule has 1 aromatic carbocycles. The zero-order valence-corrected chi connectivity index (χ0v) is 9.31. The minimum Gasteiger partial charge on any atom is -0.338 e. The van der Waals surface area contributed by atoms with Crippen LogP contribution in [-0.2, 0) is 11.3 Å². The van der Waals surface area contributed by atoms with Crippen molar-refractivity contribution in [3.63, 3.8) is 0 Å². The van der Waals surface area contributed by atoms with E-state index in [1.54, 1.807) is 17.0 Å². The van der Waals surface area contributed by atoms with Crippen LogP contribution in [0.25, 0.3) is 0 Å². The van der Waals surface area contributed by atoms with Crippen LogP contribution in [0.3, 0.4) is 0 Å². The highest BCUT2D eigenvalue weighted by Gasteiger charge is 2.09. The van der Waals surface area contributed by atoms with Crippen molar-refractivity contribution in [2.24, 2.45) is 5.73 Å². The number of nitrogens with zero attached hydrogens (tertiary/aromatic N) is 2.